The van der Waals surface area contributed by atoms with E-state index < -0.39 is 10.7 Å². The Labute approximate surface area is 68.4 Å². The highest BCUT2D eigenvalue weighted by molar-refractivity contribution is 5.54. The molecule has 0 atom stereocenters. The number of phenols is 1. The van der Waals surface area contributed by atoms with Gasteiger partial charge in [0.1, 0.15) is 0 Å². The maximum absolute atomic E-state index is 10.3. The molecule has 0 saturated heterocycles. The number of rotatable bonds is 2. The third-order valence-electron chi connectivity index (χ3n) is 1.39. The number of nitrogens with zero attached hydrogens (tertiary/aromatic N) is 1. The molecule has 0 amide bonds. The summed E-state index contributed by atoms with van der Waals surface area (Å²) in [6.45, 7) is 0. The van der Waals surface area contributed by atoms with Gasteiger partial charge in [-0.25, -0.2) is 0 Å². The second-order valence-corrected chi connectivity index (χ2v) is 2.09. The lowest BCUT2D eigenvalue weighted by molar-refractivity contribution is -0.385. The van der Waals surface area contributed by atoms with E-state index in [2.05, 4.69) is 4.74 Å². The monoisotopic (exact) mass is 169 g/mol. The van der Waals surface area contributed by atoms with E-state index >= 15 is 0 Å². The van der Waals surface area contributed by atoms with E-state index in [0.29, 0.717) is 0 Å². The molecule has 0 heterocycles. The fourth-order valence-corrected chi connectivity index (χ4v) is 0.823. The van der Waals surface area contributed by atoms with Crippen LogP contribution in [0, 0.1) is 10.1 Å². The molecule has 0 aliphatic carbocycles. The summed E-state index contributed by atoms with van der Waals surface area (Å²) in [5.74, 6) is -0.339. The number of ether oxygens (including phenoxy) is 1. The van der Waals surface area contributed by atoms with Gasteiger partial charge in [-0.15, -0.1) is 0 Å². The van der Waals surface area contributed by atoms with Gasteiger partial charge in [0.05, 0.1) is 12.0 Å². The number of aromatic hydroxyl groups is 1. The van der Waals surface area contributed by atoms with E-state index in [4.69, 9.17) is 0 Å². The third kappa shape index (κ3) is 1.29. The SMILES string of the molecule is COc1cccc([N+](=O)[O-])c1O. The van der Waals surface area contributed by atoms with Crippen molar-refractivity contribution in [1.29, 1.82) is 0 Å². The Morgan fingerprint density at radius 1 is 1.58 bits per heavy atom. The quantitative estimate of drug-likeness (QED) is 0.535. The lowest BCUT2D eigenvalue weighted by atomic mass is 10.3. The van der Waals surface area contributed by atoms with Crippen LogP contribution in [0.15, 0.2) is 18.2 Å². The zero-order valence-electron chi connectivity index (χ0n) is 6.35. The fourth-order valence-electron chi connectivity index (χ4n) is 0.823. The average molecular weight is 169 g/mol. The molecule has 0 radical (unpaired) electrons. The summed E-state index contributed by atoms with van der Waals surface area (Å²) in [5.41, 5.74) is -0.352. The number of hydrogen-bond acceptors (Lipinski definition) is 4. The van der Waals surface area contributed by atoms with Crippen molar-refractivity contribution in [2.75, 3.05) is 7.11 Å². The molecule has 1 aromatic rings. The van der Waals surface area contributed by atoms with Gasteiger partial charge in [0, 0.05) is 6.07 Å². The molecule has 64 valence electrons. The number of para-hydroxylation sites is 1. The molecule has 0 aliphatic heterocycles. The van der Waals surface area contributed by atoms with E-state index in [1.54, 1.807) is 0 Å². The topological polar surface area (TPSA) is 72.6 Å². The summed E-state index contributed by atoms with van der Waals surface area (Å²) in [6.07, 6.45) is 0. The fraction of sp³-hybridized carbons (Fsp3) is 0.143. The second-order valence-electron chi connectivity index (χ2n) is 2.09. The molecule has 0 fully saturated rings. The Bertz CT molecular complexity index is 310. The van der Waals surface area contributed by atoms with Crippen LogP contribution in [0.4, 0.5) is 5.69 Å². The first-order valence-electron chi connectivity index (χ1n) is 3.17. The molecule has 12 heavy (non-hydrogen) atoms. The number of phenolic OH excluding ortho intramolecular Hbond substituents is 1. The van der Waals surface area contributed by atoms with Gasteiger partial charge in [0.15, 0.2) is 5.75 Å². The largest absolute Gasteiger partial charge is 0.500 e. The normalized spacial score (nSPS) is 9.42. The zero-order chi connectivity index (χ0) is 9.14. The van der Waals surface area contributed by atoms with Crippen LogP contribution in [-0.2, 0) is 0 Å². The van der Waals surface area contributed by atoms with Gasteiger partial charge in [0.2, 0.25) is 5.75 Å². The molecule has 5 nitrogen and oxygen atoms in total. The molecule has 1 aromatic carbocycles. The van der Waals surface area contributed by atoms with Crippen molar-refractivity contribution in [3.8, 4) is 11.5 Å². The molecular formula is C7H7NO4. The first-order chi connectivity index (χ1) is 5.66. The predicted octanol–water partition coefficient (Wildman–Crippen LogP) is 1.31. The molecule has 0 aromatic heterocycles. The van der Waals surface area contributed by atoms with E-state index in [1.807, 2.05) is 0 Å². The van der Waals surface area contributed by atoms with Crippen LogP contribution < -0.4 is 4.74 Å². The van der Waals surface area contributed by atoms with Gasteiger partial charge in [-0.2, -0.15) is 0 Å². The summed E-state index contributed by atoms with van der Waals surface area (Å²) in [5, 5.41) is 19.5. The molecule has 1 N–H and O–H groups in total. The third-order valence-corrected chi connectivity index (χ3v) is 1.39. The van der Waals surface area contributed by atoms with Crippen LogP contribution in [-0.4, -0.2) is 17.1 Å². The van der Waals surface area contributed by atoms with Gasteiger partial charge in [-0.05, 0) is 6.07 Å². The summed E-state index contributed by atoms with van der Waals surface area (Å²) in [4.78, 5) is 9.61. The Morgan fingerprint density at radius 3 is 2.75 bits per heavy atom. The van der Waals surface area contributed by atoms with Gasteiger partial charge in [-0.1, -0.05) is 6.07 Å². The minimum absolute atomic E-state index is 0.101. The van der Waals surface area contributed by atoms with Crippen molar-refractivity contribution in [3.05, 3.63) is 28.3 Å². The van der Waals surface area contributed by atoms with Gasteiger partial charge < -0.3 is 9.84 Å². The highest BCUT2D eigenvalue weighted by Crippen LogP contribution is 2.34. The Kier molecular flexibility index (Phi) is 2.14. The van der Waals surface area contributed by atoms with Crippen LogP contribution >= 0.6 is 0 Å². The Balaban J connectivity index is 3.23. The lowest BCUT2D eigenvalue weighted by Gasteiger charge is -2.01. The zero-order valence-corrected chi connectivity index (χ0v) is 6.35. The molecule has 0 unspecified atom stereocenters. The number of hydrogen-bond donors (Lipinski definition) is 1. The first kappa shape index (κ1) is 8.32. The molecular weight excluding hydrogens is 162 g/mol. The van der Waals surface area contributed by atoms with Crippen LogP contribution in [0.5, 0.6) is 11.5 Å². The van der Waals surface area contributed by atoms with E-state index in [0.717, 1.165) is 0 Å². The number of benzene rings is 1. The first-order valence-corrected chi connectivity index (χ1v) is 3.17. The predicted molar refractivity (Wildman–Crippen MR) is 41.3 cm³/mol. The van der Waals surface area contributed by atoms with Crippen molar-refractivity contribution in [3.63, 3.8) is 0 Å². The Morgan fingerprint density at radius 2 is 2.25 bits per heavy atom. The minimum Gasteiger partial charge on any atom is -0.500 e. The summed E-state index contributed by atoms with van der Waals surface area (Å²) in [7, 11) is 1.33. The van der Waals surface area contributed by atoms with Crippen LogP contribution in [0.2, 0.25) is 0 Å². The summed E-state index contributed by atoms with van der Waals surface area (Å²) in [6, 6.07) is 4.09. The molecule has 0 bridgehead atoms. The highest BCUT2D eigenvalue weighted by Gasteiger charge is 2.16. The van der Waals surface area contributed by atoms with Crippen LogP contribution in [0.25, 0.3) is 0 Å². The van der Waals surface area contributed by atoms with Gasteiger partial charge in [0.25, 0.3) is 0 Å². The van der Waals surface area contributed by atoms with Crippen molar-refractivity contribution >= 4 is 5.69 Å². The van der Waals surface area contributed by atoms with Gasteiger partial charge in [-0.3, -0.25) is 10.1 Å². The second kappa shape index (κ2) is 3.08. The average Bonchev–Trinajstić information content (AvgIpc) is 2.04. The highest BCUT2D eigenvalue weighted by atomic mass is 16.6. The maximum atomic E-state index is 10.3. The molecule has 0 spiro atoms. The van der Waals surface area contributed by atoms with Crippen molar-refractivity contribution in [2.24, 2.45) is 0 Å². The summed E-state index contributed by atoms with van der Waals surface area (Å²) >= 11 is 0. The summed E-state index contributed by atoms with van der Waals surface area (Å²) < 4.78 is 4.68. The van der Waals surface area contributed by atoms with E-state index in [9.17, 15) is 15.2 Å². The molecule has 5 heteroatoms. The maximum Gasteiger partial charge on any atom is 0.314 e. The van der Waals surface area contributed by atoms with E-state index in [-0.39, 0.29) is 11.4 Å². The van der Waals surface area contributed by atoms with Crippen molar-refractivity contribution < 1.29 is 14.8 Å². The Hall–Kier alpha value is -1.78. The number of nitro groups is 1. The van der Waals surface area contributed by atoms with Crippen molar-refractivity contribution in [2.45, 2.75) is 0 Å². The lowest BCUT2D eigenvalue weighted by Crippen LogP contribution is -1.90. The standard InChI is InChI=1S/C7H7NO4/c1-12-6-4-2-3-5(7(6)9)8(10)11/h2-4,9H,1H3. The van der Waals surface area contributed by atoms with Crippen LogP contribution in [0.1, 0.15) is 0 Å². The number of methoxy groups -OCH3 is 1. The number of nitro benzene ring substituents is 1. The van der Waals surface area contributed by atoms with Gasteiger partial charge >= 0.3 is 5.69 Å². The van der Waals surface area contributed by atoms with Crippen molar-refractivity contribution in [1.82, 2.24) is 0 Å². The molecule has 0 aliphatic rings. The smallest absolute Gasteiger partial charge is 0.314 e. The van der Waals surface area contributed by atoms with Crippen LogP contribution in [0.3, 0.4) is 0 Å². The minimum atomic E-state index is -0.669. The van der Waals surface area contributed by atoms with E-state index in [1.165, 1.54) is 25.3 Å². The molecule has 1 rings (SSSR count). The molecule has 0 saturated carbocycles.